The van der Waals surface area contributed by atoms with Gasteiger partial charge in [0.2, 0.25) is 15.9 Å². The Kier molecular flexibility index (Phi) is 6.77. The van der Waals surface area contributed by atoms with Gasteiger partial charge in [-0.15, -0.1) is 0 Å². The lowest BCUT2D eigenvalue weighted by atomic mass is 9.89. The summed E-state index contributed by atoms with van der Waals surface area (Å²) in [5.74, 6) is 0.786. The van der Waals surface area contributed by atoms with Gasteiger partial charge in [0.25, 0.3) is 0 Å². The molecule has 0 aromatic heterocycles. The molecule has 2 heterocycles. The lowest BCUT2D eigenvalue weighted by molar-refractivity contribution is -0.138. The first-order chi connectivity index (χ1) is 14.9. The maximum Gasteiger partial charge on any atom is 0.243 e. The van der Waals surface area contributed by atoms with Gasteiger partial charge in [-0.2, -0.15) is 4.31 Å². The van der Waals surface area contributed by atoms with Crippen LogP contribution in [0.5, 0.6) is 0 Å². The predicted octanol–water partition coefficient (Wildman–Crippen LogP) is 3.88. The van der Waals surface area contributed by atoms with E-state index >= 15 is 0 Å². The Balaban J connectivity index is 1.27. The van der Waals surface area contributed by atoms with E-state index in [0.717, 1.165) is 37.9 Å². The summed E-state index contributed by atoms with van der Waals surface area (Å²) in [6, 6.07) is 17.5. The van der Waals surface area contributed by atoms with Crippen molar-refractivity contribution in [2.45, 2.75) is 43.9 Å². The maximum atomic E-state index is 13.0. The van der Waals surface area contributed by atoms with Crippen LogP contribution >= 0.6 is 0 Å². The van der Waals surface area contributed by atoms with Gasteiger partial charge >= 0.3 is 0 Å². The molecule has 0 atom stereocenters. The van der Waals surface area contributed by atoms with Crippen LogP contribution in [0.1, 0.15) is 36.8 Å². The van der Waals surface area contributed by atoms with Crippen molar-refractivity contribution in [2.75, 3.05) is 26.2 Å². The number of sulfonamides is 1. The van der Waals surface area contributed by atoms with E-state index in [2.05, 4.69) is 24.3 Å². The minimum Gasteiger partial charge on any atom is -0.342 e. The highest BCUT2D eigenvalue weighted by Crippen LogP contribution is 2.28. The Hall–Kier alpha value is -2.18. The minimum atomic E-state index is -3.48. The Bertz CT molecular complexity index is 973. The molecule has 2 aliphatic rings. The Morgan fingerprint density at radius 1 is 0.871 bits per heavy atom. The van der Waals surface area contributed by atoms with Crippen LogP contribution in [-0.4, -0.2) is 49.7 Å². The number of carbonyl (C=O) groups is 1. The summed E-state index contributed by atoms with van der Waals surface area (Å²) < 4.78 is 27.3. The topological polar surface area (TPSA) is 57.7 Å². The molecule has 0 unspecified atom stereocenters. The van der Waals surface area contributed by atoms with Crippen molar-refractivity contribution in [3.63, 3.8) is 0 Å². The zero-order valence-electron chi connectivity index (χ0n) is 18.2. The smallest absolute Gasteiger partial charge is 0.243 e. The molecule has 2 fully saturated rings. The van der Waals surface area contributed by atoms with Crippen LogP contribution in [0.25, 0.3) is 0 Å². The number of carbonyl (C=O) groups excluding carboxylic acids is 1. The highest BCUT2D eigenvalue weighted by atomic mass is 32.2. The van der Waals surface area contributed by atoms with Crippen LogP contribution in [0.15, 0.2) is 59.5 Å². The SMILES string of the molecule is Cc1ccc(S(=O)(=O)N2CCC(C(=O)N3CCC(Cc4ccccc4)CC3)CC2)cc1. The average Bonchev–Trinajstić information content (AvgIpc) is 2.80. The van der Waals surface area contributed by atoms with Gasteiger partial charge in [0.05, 0.1) is 4.90 Å². The van der Waals surface area contributed by atoms with E-state index in [1.807, 2.05) is 30.0 Å². The molecule has 0 radical (unpaired) electrons. The molecule has 1 amide bonds. The van der Waals surface area contributed by atoms with E-state index in [4.69, 9.17) is 0 Å². The number of likely N-dealkylation sites (tertiary alicyclic amines) is 1. The molecule has 2 saturated heterocycles. The van der Waals surface area contributed by atoms with E-state index in [1.54, 1.807) is 12.1 Å². The molecule has 2 aromatic carbocycles. The normalized spacial score (nSPS) is 19.5. The molecule has 31 heavy (non-hydrogen) atoms. The van der Waals surface area contributed by atoms with E-state index in [1.165, 1.54) is 9.87 Å². The summed E-state index contributed by atoms with van der Waals surface area (Å²) in [5.41, 5.74) is 2.41. The third-order valence-corrected chi connectivity index (χ3v) is 8.67. The van der Waals surface area contributed by atoms with Gasteiger partial charge < -0.3 is 4.90 Å². The number of hydrogen-bond donors (Lipinski definition) is 0. The van der Waals surface area contributed by atoms with Crippen LogP contribution < -0.4 is 0 Å². The van der Waals surface area contributed by atoms with E-state index in [0.29, 0.717) is 36.7 Å². The Morgan fingerprint density at radius 2 is 1.48 bits per heavy atom. The highest BCUT2D eigenvalue weighted by molar-refractivity contribution is 7.89. The van der Waals surface area contributed by atoms with Gasteiger partial charge in [-0.1, -0.05) is 48.0 Å². The quantitative estimate of drug-likeness (QED) is 0.709. The van der Waals surface area contributed by atoms with Crippen LogP contribution in [0.4, 0.5) is 0 Å². The van der Waals surface area contributed by atoms with Crippen LogP contribution in [-0.2, 0) is 21.2 Å². The number of rotatable bonds is 5. The molecule has 2 aromatic rings. The molecule has 5 nitrogen and oxygen atoms in total. The second kappa shape index (κ2) is 9.53. The molecular formula is C25H32N2O3S. The van der Waals surface area contributed by atoms with Crippen molar-refractivity contribution in [3.8, 4) is 0 Å². The van der Waals surface area contributed by atoms with Gasteiger partial charge in [-0.05, 0) is 62.6 Å². The van der Waals surface area contributed by atoms with Crippen molar-refractivity contribution in [1.82, 2.24) is 9.21 Å². The first-order valence-electron chi connectivity index (χ1n) is 11.3. The second-order valence-corrected chi connectivity index (χ2v) is 10.9. The molecule has 0 saturated carbocycles. The molecule has 2 aliphatic heterocycles. The van der Waals surface area contributed by atoms with Gasteiger partial charge in [0.15, 0.2) is 0 Å². The monoisotopic (exact) mass is 440 g/mol. The molecule has 0 spiro atoms. The zero-order valence-corrected chi connectivity index (χ0v) is 19.1. The predicted molar refractivity (Wildman–Crippen MR) is 122 cm³/mol. The Labute approximate surface area is 186 Å². The fraction of sp³-hybridized carbons (Fsp3) is 0.480. The molecule has 6 heteroatoms. The average molecular weight is 441 g/mol. The van der Waals surface area contributed by atoms with Crippen molar-refractivity contribution in [2.24, 2.45) is 11.8 Å². The third-order valence-electron chi connectivity index (χ3n) is 6.76. The molecule has 0 N–H and O–H groups in total. The fourth-order valence-corrected chi connectivity index (χ4v) is 6.24. The van der Waals surface area contributed by atoms with E-state index < -0.39 is 10.0 Å². The van der Waals surface area contributed by atoms with Crippen molar-refractivity contribution in [3.05, 3.63) is 65.7 Å². The van der Waals surface area contributed by atoms with Gasteiger partial charge in [-0.3, -0.25) is 4.79 Å². The van der Waals surface area contributed by atoms with Crippen LogP contribution in [0, 0.1) is 18.8 Å². The summed E-state index contributed by atoms with van der Waals surface area (Å²) in [7, 11) is -3.48. The zero-order chi connectivity index (χ0) is 21.8. The maximum absolute atomic E-state index is 13.0. The molecular weight excluding hydrogens is 408 g/mol. The number of nitrogens with zero attached hydrogens (tertiary/aromatic N) is 2. The number of benzene rings is 2. The largest absolute Gasteiger partial charge is 0.342 e. The van der Waals surface area contributed by atoms with Gasteiger partial charge in [0, 0.05) is 32.1 Å². The molecule has 166 valence electrons. The number of hydrogen-bond acceptors (Lipinski definition) is 3. The summed E-state index contributed by atoms with van der Waals surface area (Å²) >= 11 is 0. The van der Waals surface area contributed by atoms with Gasteiger partial charge in [0.1, 0.15) is 0 Å². The first-order valence-corrected chi connectivity index (χ1v) is 12.8. The van der Waals surface area contributed by atoms with Crippen molar-refractivity contribution < 1.29 is 13.2 Å². The summed E-state index contributed by atoms with van der Waals surface area (Å²) in [5, 5.41) is 0. The number of aryl methyl sites for hydroxylation is 1. The fourth-order valence-electron chi connectivity index (χ4n) is 4.77. The summed E-state index contributed by atoms with van der Waals surface area (Å²) in [4.78, 5) is 15.4. The van der Waals surface area contributed by atoms with Crippen molar-refractivity contribution >= 4 is 15.9 Å². The molecule has 4 rings (SSSR count). The first kappa shape index (κ1) is 22.0. The number of piperidine rings is 2. The standard InChI is InChI=1S/C25H32N2O3S/c1-20-7-9-24(10-8-20)31(29,30)27-17-13-23(14-18-27)25(28)26-15-11-22(12-16-26)19-21-5-3-2-4-6-21/h2-10,22-23H,11-19H2,1H3. The van der Waals surface area contributed by atoms with E-state index in [-0.39, 0.29) is 11.8 Å². The lowest BCUT2D eigenvalue weighted by Gasteiger charge is -2.37. The van der Waals surface area contributed by atoms with Gasteiger partial charge in [-0.25, -0.2) is 8.42 Å². The summed E-state index contributed by atoms with van der Waals surface area (Å²) in [6.07, 6.45) is 4.38. The van der Waals surface area contributed by atoms with E-state index in [9.17, 15) is 13.2 Å². The molecule has 0 bridgehead atoms. The van der Waals surface area contributed by atoms with Crippen LogP contribution in [0.2, 0.25) is 0 Å². The summed E-state index contributed by atoms with van der Waals surface area (Å²) in [6.45, 7) is 4.41. The van der Waals surface area contributed by atoms with Crippen LogP contribution in [0.3, 0.4) is 0 Å². The molecule has 0 aliphatic carbocycles. The minimum absolute atomic E-state index is 0.0601. The van der Waals surface area contributed by atoms with Crippen molar-refractivity contribution in [1.29, 1.82) is 0 Å². The third kappa shape index (κ3) is 5.18. The number of amides is 1. The second-order valence-electron chi connectivity index (χ2n) is 8.95. The lowest BCUT2D eigenvalue weighted by Crippen LogP contribution is -2.46. The Morgan fingerprint density at radius 3 is 2.10 bits per heavy atom. The highest BCUT2D eigenvalue weighted by Gasteiger charge is 2.34.